The molecule has 0 bridgehead atoms. The van der Waals surface area contributed by atoms with Gasteiger partial charge in [0.05, 0.1) is 18.1 Å². The molecule has 3 aromatic heterocycles. The zero-order chi connectivity index (χ0) is 24.6. The van der Waals surface area contributed by atoms with E-state index in [9.17, 15) is 8.42 Å². The van der Waals surface area contributed by atoms with Crippen molar-refractivity contribution in [1.82, 2.24) is 19.9 Å². The first-order valence-corrected chi connectivity index (χ1v) is 13.3. The Morgan fingerprint density at radius 2 is 1.97 bits per heavy atom. The number of aromatic amines is 1. The lowest BCUT2D eigenvalue weighted by Crippen LogP contribution is -2.38. The highest BCUT2D eigenvalue weighted by Gasteiger charge is 2.25. The van der Waals surface area contributed by atoms with Crippen LogP contribution in [0.1, 0.15) is 18.2 Å². The summed E-state index contributed by atoms with van der Waals surface area (Å²) in [7, 11) is -3.44. The number of nitrogens with two attached hydrogens (primary N) is 1. The van der Waals surface area contributed by atoms with Crippen molar-refractivity contribution in [3.05, 3.63) is 66.2 Å². The van der Waals surface area contributed by atoms with Gasteiger partial charge in [-0.25, -0.2) is 18.4 Å². The van der Waals surface area contributed by atoms with Crippen molar-refractivity contribution >= 4 is 26.6 Å². The minimum atomic E-state index is -3.44. The Morgan fingerprint density at radius 1 is 1.17 bits per heavy atom. The van der Waals surface area contributed by atoms with Gasteiger partial charge in [0, 0.05) is 78.1 Å². The van der Waals surface area contributed by atoms with Gasteiger partial charge in [-0.05, 0) is 36.8 Å². The normalized spacial score (nSPS) is 16.4. The summed E-state index contributed by atoms with van der Waals surface area (Å²) in [6.07, 6.45) is 6.92. The smallest absolute Gasteiger partial charge is 0.175 e. The van der Waals surface area contributed by atoms with Crippen molar-refractivity contribution in [2.45, 2.75) is 23.8 Å². The molecule has 9 nitrogen and oxygen atoms in total. The van der Waals surface area contributed by atoms with Gasteiger partial charge in [-0.15, -0.1) is 0 Å². The summed E-state index contributed by atoms with van der Waals surface area (Å²) < 4.78 is 30.3. The molecule has 0 aliphatic carbocycles. The number of nitrogens with one attached hydrogen (secondary N) is 1. The van der Waals surface area contributed by atoms with E-state index in [-0.39, 0.29) is 4.90 Å². The minimum Gasteiger partial charge on any atom is -0.378 e. The third kappa shape index (κ3) is 4.90. The largest absolute Gasteiger partial charge is 0.378 e. The molecule has 0 radical (unpaired) electrons. The fourth-order valence-corrected chi connectivity index (χ4v) is 5.03. The van der Waals surface area contributed by atoms with Crippen LogP contribution in [0.25, 0.3) is 22.3 Å². The number of rotatable bonds is 6. The van der Waals surface area contributed by atoms with Crippen molar-refractivity contribution in [1.29, 1.82) is 0 Å². The topological polar surface area (TPSA) is 127 Å². The Labute approximate surface area is 204 Å². The number of hydrogen-bond acceptors (Lipinski definition) is 8. The van der Waals surface area contributed by atoms with Crippen molar-refractivity contribution in [3.8, 4) is 11.4 Å². The zero-order valence-corrected chi connectivity index (χ0v) is 20.5. The highest BCUT2D eigenvalue weighted by molar-refractivity contribution is 7.90. The fraction of sp³-hybridized carbons (Fsp3) is 0.320. The van der Waals surface area contributed by atoms with Gasteiger partial charge in [-0.2, -0.15) is 0 Å². The fourth-order valence-electron chi connectivity index (χ4n) is 4.37. The number of nitrogens with zero attached hydrogens (tertiary/aromatic N) is 4. The molecule has 35 heavy (non-hydrogen) atoms. The van der Waals surface area contributed by atoms with Crippen molar-refractivity contribution < 1.29 is 13.2 Å². The number of anilines is 1. The molecule has 1 atom stereocenters. The quantitative estimate of drug-likeness (QED) is 0.421. The van der Waals surface area contributed by atoms with E-state index in [4.69, 9.17) is 20.4 Å². The van der Waals surface area contributed by atoms with E-state index in [2.05, 4.69) is 14.9 Å². The summed E-state index contributed by atoms with van der Waals surface area (Å²) in [5.74, 6) is 1.23. The summed E-state index contributed by atoms with van der Waals surface area (Å²) >= 11 is 0. The van der Waals surface area contributed by atoms with Crippen LogP contribution in [0.4, 0.5) is 5.82 Å². The number of aromatic nitrogens is 4. The summed E-state index contributed by atoms with van der Waals surface area (Å²) in [5, 5.41) is 0.852. The molecule has 0 spiro atoms. The van der Waals surface area contributed by atoms with Gasteiger partial charge in [0.15, 0.2) is 15.7 Å². The number of pyridine rings is 1. The SMILES string of the molecule is CC(N)(Cc1cc(N2CCOCC2)nc(-c2cc(S(C)(=O)=O)cc3[nH]ccc23)n1)c1cccnc1. The molecule has 4 aromatic rings. The number of benzene rings is 1. The number of hydrogen-bond donors (Lipinski definition) is 2. The van der Waals surface area contributed by atoms with E-state index in [1.165, 1.54) is 6.26 Å². The van der Waals surface area contributed by atoms with Crippen LogP contribution in [-0.4, -0.2) is 60.9 Å². The Bertz CT molecular complexity index is 1460. The van der Waals surface area contributed by atoms with E-state index in [1.54, 1.807) is 30.7 Å². The summed E-state index contributed by atoms with van der Waals surface area (Å²) in [4.78, 5) is 19.5. The Kier molecular flexibility index (Phi) is 6.04. The molecular formula is C25H28N6O3S. The lowest BCUT2D eigenvalue weighted by atomic mass is 9.89. The number of fused-ring (bicyclic) bond motifs is 1. The molecule has 1 aliphatic rings. The molecule has 1 saturated heterocycles. The minimum absolute atomic E-state index is 0.211. The van der Waals surface area contributed by atoms with Gasteiger partial charge in [-0.3, -0.25) is 4.98 Å². The van der Waals surface area contributed by atoms with Crippen LogP contribution >= 0.6 is 0 Å². The van der Waals surface area contributed by atoms with Gasteiger partial charge in [0.1, 0.15) is 5.82 Å². The monoisotopic (exact) mass is 492 g/mol. The van der Waals surface area contributed by atoms with E-state index in [0.717, 1.165) is 22.5 Å². The molecule has 1 aliphatic heterocycles. The maximum atomic E-state index is 12.4. The second-order valence-electron chi connectivity index (χ2n) is 9.16. The van der Waals surface area contributed by atoms with Crippen LogP contribution in [0.5, 0.6) is 0 Å². The van der Waals surface area contributed by atoms with E-state index in [0.29, 0.717) is 49.6 Å². The Hall–Kier alpha value is -3.34. The highest BCUT2D eigenvalue weighted by atomic mass is 32.2. The van der Waals surface area contributed by atoms with E-state index in [1.807, 2.05) is 31.2 Å². The van der Waals surface area contributed by atoms with Gasteiger partial charge >= 0.3 is 0 Å². The summed E-state index contributed by atoms with van der Waals surface area (Å²) in [6, 6.07) is 11.0. The maximum Gasteiger partial charge on any atom is 0.175 e. The van der Waals surface area contributed by atoms with Crippen LogP contribution in [0, 0.1) is 0 Å². The first-order chi connectivity index (χ1) is 16.7. The number of morpholine rings is 1. The van der Waals surface area contributed by atoms with Crippen molar-refractivity contribution in [3.63, 3.8) is 0 Å². The second-order valence-corrected chi connectivity index (χ2v) is 11.2. The molecule has 5 rings (SSSR count). The zero-order valence-electron chi connectivity index (χ0n) is 19.7. The molecule has 0 saturated carbocycles. The average molecular weight is 493 g/mol. The predicted molar refractivity (Wildman–Crippen MR) is 135 cm³/mol. The Balaban J connectivity index is 1.66. The van der Waals surface area contributed by atoms with Gasteiger partial charge in [0.2, 0.25) is 0 Å². The first-order valence-electron chi connectivity index (χ1n) is 11.4. The molecule has 1 fully saturated rings. The molecular weight excluding hydrogens is 464 g/mol. The molecule has 182 valence electrons. The molecule has 1 aromatic carbocycles. The molecule has 10 heteroatoms. The van der Waals surface area contributed by atoms with E-state index >= 15 is 0 Å². The Morgan fingerprint density at radius 3 is 2.69 bits per heavy atom. The number of sulfone groups is 1. The molecule has 0 amide bonds. The van der Waals surface area contributed by atoms with Gasteiger partial charge in [0.25, 0.3) is 0 Å². The van der Waals surface area contributed by atoms with Crippen LogP contribution in [0.2, 0.25) is 0 Å². The van der Waals surface area contributed by atoms with E-state index < -0.39 is 15.4 Å². The third-order valence-electron chi connectivity index (χ3n) is 6.28. The van der Waals surface area contributed by atoms with Crippen LogP contribution < -0.4 is 10.6 Å². The highest BCUT2D eigenvalue weighted by Crippen LogP contribution is 2.32. The van der Waals surface area contributed by atoms with Crippen LogP contribution in [0.3, 0.4) is 0 Å². The molecule has 4 heterocycles. The van der Waals surface area contributed by atoms with Crippen molar-refractivity contribution in [2.24, 2.45) is 5.73 Å². The predicted octanol–water partition coefficient (Wildman–Crippen LogP) is 2.68. The molecule has 1 unspecified atom stereocenters. The summed E-state index contributed by atoms with van der Waals surface area (Å²) in [5.41, 5.74) is 9.05. The van der Waals surface area contributed by atoms with Gasteiger partial charge < -0.3 is 20.4 Å². The lowest BCUT2D eigenvalue weighted by Gasteiger charge is -2.29. The van der Waals surface area contributed by atoms with Crippen molar-refractivity contribution in [2.75, 3.05) is 37.5 Å². The standard InChI is InChI=1S/C25H28N6O3S/c1-25(26,17-4-3-6-27-16-17)15-18-12-23(31-8-10-34-11-9-31)30-24(29-18)21-13-19(35(2,32)33)14-22-20(21)5-7-28-22/h3-7,12-14,16,28H,8-11,15,26H2,1-2H3. The first kappa shape index (κ1) is 23.4. The average Bonchev–Trinajstić information content (AvgIpc) is 3.32. The lowest BCUT2D eigenvalue weighted by molar-refractivity contribution is 0.122. The van der Waals surface area contributed by atoms with Crippen LogP contribution in [-0.2, 0) is 26.5 Å². The summed E-state index contributed by atoms with van der Waals surface area (Å²) in [6.45, 7) is 4.60. The number of ether oxygens (including phenoxy) is 1. The van der Waals surface area contributed by atoms with Gasteiger partial charge in [-0.1, -0.05) is 6.07 Å². The number of H-pyrrole nitrogens is 1. The second kappa shape index (κ2) is 9.03. The van der Waals surface area contributed by atoms with Crippen LogP contribution in [0.15, 0.2) is 59.9 Å². The molecule has 3 N–H and O–H groups in total. The maximum absolute atomic E-state index is 12.4. The third-order valence-corrected chi connectivity index (χ3v) is 7.37.